The number of piperidine rings is 1. The van der Waals surface area contributed by atoms with E-state index in [0.717, 1.165) is 55.0 Å². The zero-order chi connectivity index (χ0) is 16.9. The van der Waals surface area contributed by atoms with E-state index in [-0.39, 0.29) is 6.10 Å². The van der Waals surface area contributed by atoms with Gasteiger partial charge in [-0.25, -0.2) is 0 Å². The lowest BCUT2D eigenvalue weighted by atomic mass is 9.96. The quantitative estimate of drug-likeness (QED) is 0.833. The lowest BCUT2D eigenvalue weighted by Gasteiger charge is -2.34. The smallest absolute Gasteiger partial charge is 0.177 e. The first-order valence-electron chi connectivity index (χ1n) is 8.68. The van der Waals surface area contributed by atoms with Crippen molar-refractivity contribution in [1.82, 2.24) is 15.0 Å². The SMILES string of the molecule is C[C@H](O)CN1CCC(CN(C)Cc2cc(-c3cccs3)on2)CC1. The van der Waals surface area contributed by atoms with Gasteiger partial charge in [0.15, 0.2) is 5.76 Å². The van der Waals surface area contributed by atoms with Crippen molar-refractivity contribution < 1.29 is 9.63 Å². The number of aliphatic hydroxyl groups excluding tert-OH is 1. The van der Waals surface area contributed by atoms with E-state index < -0.39 is 0 Å². The molecule has 0 radical (unpaired) electrons. The number of β-amino-alcohol motifs (C(OH)–C–C–N with tert-alkyl or cyclic N) is 1. The van der Waals surface area contributed by atoms with Gasteiger partial charge in [-0.3, -0.25) is 0 Å². The number of likely N-dealkylation sites (tertiary alicyclic amines) is 1. The van der Waals surface area contributed by atoms with Gasteiger partial charge in [-0.2, -0.15) is 0 Å². The van der Waals surface area contributed by atoms with E-state index in [2.05, 4.69) is 28.1 Å². The molecule has 0 aromatic carbocycles. The molecule has 1 atom stereocenters. The summed E-state index contributed by atoms with van der Waals surface area (Å²) in [6.45, 7) is 6.76. The van der Waals surface area contributed by atoms with Crippen LogP contribution in [0.1, 0.15) is 25.5 Å². The molecule has 0 unspecified atom stereocenters. The fourth-order valence-electron chi connectivity index (χ4n) is 3.43. The third kappa shape index (κ3) is 4.89. The van der Waals surface area contributed by atoms with Crippen LogP contribution in [0.5, 0.6) is 0 Å². The lowest BCUT2D eigenvalue weighted by Crippen LogP contribution is -2.40. The molecule has 132 valence electrons. The minimum absolute atomic E-state index is 0.228. The molecule has 24 heavy (non-hydrogen) atoms. The molecule has 0 spiro atoms. The number of rotatable bonds is 7. The Morgan fingerprint density at radius 1 is 1.46 bits per heavy atom. The van der Waals surface area contributed by atoms with Crippen molar-refractivity contribution in [2.75, 3.05) is 33.2 Å². The van der Waals surface area contributed by atoms with Crippen molar-refractivity contribution in [2.24, 2.45) is 5.92 Å². The largest absolute Gasteiger partial charge is 0.392 e. The first-order valence-corrected chi connectivity index (χ1v) is 9.56. The van der Waals surface area contributed by atoms with E-state index in [0.29, 0.717) is 0 Å². The highest BCUT2D eigenvalue weighted by molar-refractivity contribution is 7.13. The highest BCUT2D eigenvalue weighted by atomic mass is 32.1. The predicted octanol–water partition coefficient (Wildman–Crippen LogP) is 2.93. The van der Waals surface area contributed by atoms with Crippen molar-refractivity contribution in [2.45, 2.75) is 32.4 Å². The van der Waals surface area contributed by atoms with Crippen LogP contribution in [0.4, 0.5) is 0 Å². The van der Waals surface area contributed by atoms with Crippen LogP contribution in [0.3, 0.4) is 0 Å². The van der Waals surface area contributed by atoms with Crippen LogP contribution in [0.2, 0.25) is 0 Å². The third-order valence-corrected chi connectivity index (χ3v) is 5.44. The van der Waals surface area contributed by atoms with E-state index in [1.807, 2.05) is 24.4 Å². The topological polar surface area (TPSA) is 52.7 Å². The standard InChI is InChI=1S/C18H27N3O2S/c1-14(22)11-21-7-5-15(6-8-21)12-20(2)13-16-10-17(23-19-16)18-4-3-9-24-18/h3-4,9-10,14-15,22H,5-8,11-13H2,1-2H3/t14-/m0/s1. The van der Waals surface area contributed by atoms with Crippen LogP contribution in [0.25, 0.3) is 10.6 Å². The number of aromatic nitrogens is 1. The maximum Gasteiger partial charge on any atom is 0.177 e. The number of aliphatic hydroxyl groups is 1. The lowest BCUT2D eigenvalue weighted by molar-refractivity contribution is 0.0917. The van der Waals surface area contributed by atoms with Crippen LogP contribution < -0.4 is 0 Å². The molecule has 2 aromatic heterocycles. The highest BCUT2D eigenvalue weighted by Gasteiger charge is 2.21. The van der Waals surface area contributed by atoms with E-state index >= 15 is 0 Å². The molecular formula is C18H27N3O2S. The first kappa shape index (κ1) is 17.6. The Hall–Kier alpha value is -1.21. The number of hydrogen-bond acceptors (Lipinski definition) is 6. The van der Waals surface area contributed by atoms with Gasteiger partial charge in [0, 0.05) is 25.7 Å². The minimum atomic E-state index is -0.228. The minimum Gasteiger partial charge on any atom is -0.392 e. The molecule has 2 aromatic rings. The maximum absolute atomic E-state index is 9.49. The second kappa shape index (κ2) is 8.25. The molecule has 5 nitrogen and oxygen atoms in total. The van der Waals surface area contributed by atoms with Crippen LogP contribution in [0.15, 0.2) is 28.1 Å². The summed E-state index contributed by atoms with van der Waals surface area (Å²) in [6.07, 6.45) is 2.18. The molecule has 1 fully saturated rings. The van der Waals surface area contributed by atoms with E-state index in [1.165, 1.54) is 12.8 Å². The van der Waals surface area contributed by atoms with Gasteiger partial charge in [-0.1, -0.05) is 11.2 Å². The van der Waals surface area contributed by atoms with E-state index in [1.54, 1.807) is 11.3 Å². The Kier molecular flexibility index (Phi) is 6.05. The molecule has 0 amide bonds. The molecule has 3 rings (SSSR count). The van der Waals surface area contributed by atoms with Crippen molar-refractivity contribution in [3.63, 3.8) is 0 Å². The van der Waals surface area contributed by atoms with Crippen LogP contribution in [0, 0.1) is 5.92 Å². The number of hydrogen-bond donors (Lipinski definition) is 1. The van der Waals surface area contributed by atoms with Crippen molar-refractivity contribution in [1.29, 1.82) is 0 Å². The summed E-state index contributed by atoms with van der Waals surface area (Å²) < 4.78 is 5.45. The van der Waals surface area contributed by atoms with E-state index in [4.69, 9.17) is 4.52 Å². The van der Waals surface area contributed by atoms with Gasteiger partial charge >= 0.3 is 0 Å². The van der Waals surface area contributed by atoms with Crippen LogP contribution in [-0.2, 0) is 6.54 Å². The zero-order valence-corrected chi connectivity index (χ0v) is 15.3. The predicted molar refractivity (Wildman–Crippen MR) is 97.0 cm³/mol. The second-order valence-corrected chi connectivity index (χ2v) is 7.90. The Morgan fingerprint density at radius 2 is 2.25 bits per heavy atom. The van der Waals surface area contributed by atoms with Gasteiger partial charge in [-0.15, -0.1) is 11.3 Å². The van der Waals surface area contributed by atoms with Crippen molar-refractivity contribution >= 4 is 11.3 Å². The number of nitrogens with zero attached hydrogens (tertiary/aromatic N) is 3. The van der Waals surface area contributed by atoms with Crippen molar-refractivity contribution in [3.05, 3.63) is 29.3 Å². The molecule has 3 heterocycles. The van der Waals surface area contributed by atoms with Crippen molar-refractivity contribution in [3.8, 4) is 10.6 Å². The molecule has 0 bridgehead atoms. The highest BCUT2D eigenvalue weighted by Crippen LogP contribution is 2.25. The maximum atomic E-state index is 9.49. The summed E-state index contributed by atoms with van der Waals surface area (Å²) in [6, 6.07) is 6.13. The van der Waals surface area contributed by atoms with Crippen LogP contribution >= 0.6 is 11.3 Å². The average molecular weight is 350 g/mol. The van der Waals surface area contributed by atoms with E-state index in [9.17, 15) is 5.11 Å². The number of thiophene rings is 1. The van der Waals surface area contributed by atoms with Gasteiger partial charge in [0.25, 0.3) is 0 Å². The molecular weight excluding hydrogens is 322 g/mol. The van der Waals surface area contributed by atoms with Crippen LogP contribution in [-0.4, -0.2) is 59.4 Å². The Labute approximate surface area is 147 Å². The fraction of sp³-hybridized carbons (Fsp3) is 0.611. The summed E-state index contributed by atoms with van der Waals surface area (Å²) in [4.78, 5) is 5.83. The van der Waals surface area contributed by atoms with Gasteiger partial charge in [-0.05, 0) is 57.3 Å². The summed E-state index contributed by atoms with van der Waals surface area (Å²) in [5, 5.41) is 15.7. The van der Waals surface area contributed by atoms with Gasteiger partial charge in [0.05, 0.1) is 16.7 Å². The zero-order valence-electron chi connectivity index (χ0n) is 14.5. The third-order valence-electron chi connectivity index (χ3n) is 4.55. The van der Waals surface area contributed by atoms with Gasteiger partial charge in [0.1, 0.15) is 0 Å². The van der Waals surface area contributed by atoms with Gasteiger partial charge < -0.3 is 19.4 Å². The Morgan fingerprint density at radius 3 is 2.92 bits per heavy atom. The molecule has 0 aliphatic carbocycles. The Bertz CT molecular complexity index is 604. The second-order valence-electron chi connectivity index (χ2n) is 6.95. The first-order chi connectivity index (χ1) is 11.6. The fourth-order valence-corrected chi connectivity index (χ4v) is 4.10. The molecule has 0 saturated carbocycles. The summed E-state index contributed by atoms with van der Waals surface area (Å²) >= 11 is 1.67. The molecule has 1 saturated heterocycles. The normalized spacial score (nSPS) is 18.3. The summed E-state index contributed by atoms with van der Waals surface area (Å²) in [5.74, 6) is 1.59. The summed E-state index contributed by atoms with van der Waals surface area (Å²) in [5.41, 5.74) is 0.993. The molecule has 6 heteroatoms. The van der Waals surface area contributed by atoms with Gasteiger partial charge in [0.2, 0.25) is 0 Å². The molecule has 1 N–H and O–H groups in total. The average Bonchev–Trinajstić information content (AvgIpc) is 3.19. The molecule has 1 aliphatic heterocycles. The summed E-state index contributed by atoms with van der Waals surface area (Å²) in [7, 11) is 2.15. The monoisotopic (exact) mass is 349 g/mol. The molecule has 1 aliphatic rings. The Balaban J connectivity index is 1.44.